The first-order chi connectivity index (χ1) is 44.5. The summed E-state index contributed by atoms with van der Waals surface area (Å²) in [5.74, 6) is 3.89. The van der Waals surface area contributed by atoms with E-state index in [9.17, 15) is 60.3 Å². The molecule has 0 spiro atoms. The average molecular weight is 1320 g/mol. The van der Waals surface area contributed by atoms with Crippen molar-refractivity contribution in [2.24, 2.45) is 139 Å². The van der Waals surface area contributed by atoms with Crippen LogP contribution in [0, 0.1) is 139 Å². The van der Waals surface area contributed by atoms with Crippen molar-refractivity contribution in [3.05, 3.63) is 0 Å². The average Bonchev–Trinajstić information content (AvgIpc) is 1.34. The summed E-state index contributed by atoms with van der Waals surface area (Å²) >= 11 is 0. The van der Waals surface area contributed by atoms with Crippen molar-refractivity contribution in [1.29, 1.82) is 0 Å². The molecule has 0 unspecified atom stereocenters. The Morgan fingerprint density at radius 3 is 0.904 bits per heavy atom. The molecule has 12 saturated carbocycles. The minimum atomic E-state index is -0.480. The predicted octanol–water partition coefficient (Wildman–Crippen LogP) is 8.77. The molecule has 536 valence electrons. The van der Waals surface area contributed by atoms with Crippen LogP contribution < -0.4 is 16.0 Å². The zero-order chi connectivity index (χ0) is 67.4. The number of nitrogens with one attached hydrogen (secondary N) is 3. The normalized spacial score (nSPS) is 50.2. The molecule has 12 aliphatic carbocycles. The van der Waals surface area contributed by atoms with Crippen LogP contribution in [-0.2, 0) is 14.4 Å². The highest BCUT2D eigenvalue weighted by Gasteiger charge is 2.69. The second kappa shape index (κ2) is 27.7. The molecule has 0 aromatic rings. The van der Waals surface area contributed by atoms with E-state index in [2.05, 4.69) is 83.2 Å². The van der Waals surface area contributed by atoms with E-state index in [1.165, 1.54) is 0 Å². The van der Waals surface area contributed by atoms with Gasteiger partial charge in [0.25, 0.3) is 0 Å². The summed E-state index contributed by atoms with van der Waals surface area (Å²) in [5, 5.41) is 113. The first-order valence-corrected chi connectivity index (χ1v) is 39.1. The van der Waals surface area contributed by atoms with Crippen molar-refractivity contribution < 1.29 is 60.3 Å². The topological polar surface area (TPSA) is 273 Å². The summed E-state index contributed by atoms with van der Waals surface area (Å²) in [5.41, 5.74) is -0.971. The molecular formula is C78H132N4O12. The standard InChI is InChI=1S/C78H132N4O12/c1-43(52-13-16-55-70-58(40-64(89)76(52,55)7)73(4)25-22-49(83)34-46(73)37-61(70)86)10-19-67(92)79-28-31-82(32-29-80-68(93)20-11-44(2)53-14-17-56-71-59(41-65(90)77(53,56)8)74(5)26-23-50(84)35-47(74)38-62(71)87)33-30-81-69(94)21-12-45(3)54-15-18-57-72-60(42-66(91)78(54,57)9)75(6)27-24-51(85)36-48(75)39-63(72)88/h43-66,70-72,83-91H,10-42H2,1-9H3,(H,79,92)(H,80,93)(H,81,94)/t43-,44-,45-,46+,47+,48+,49-,50-,51-,52-,53-,54-,55+,56+,57+,58+,59+,60+,61-,62-,63-,64+,65+,66+,70+,71+,72+,73+,74+,75+,76-,77-,78-/m1/s1. The maximum Gasteiger partial charge on any atom is 0.220 e. The smallest absolute Gasteiger partial charge is 0.220 e. The van der Waals surface area contributed by atoms with Crippen LogP contribution in [0.1, 0.15) is 236 Å². The molecule has 16 heteroatoms. The van der Waals surface area contributed by atoms with Gasteiger partial charge in [0.1, 0.15) is 0 Å². The first kappa shape index (κ1) is 71.8. The zero-order valence-electron chi connectivity index (χ0n) is 59.6. The van der Waals surface area contributed by atoms with Gasteiger partial charge in [0.2, 0.25) is 17.7 Å². The van der Waals surface area contributed by atoms with E-state index >= 15 is 0 Å². The Labute approximate surface area is 565 Å². The van der Waals surface area contributed by atoms with Gasteiger partial charge >= 0.3 is 0 Å². The van der Waals surface area contributed by atoms with Gasteiger partial charge in [-0.1, -0.05) is 62.3 Å². The molecular weight excluding hydrogens is 1180 g/mol. The molecule has 16 nitrogen and oxygen atoms in total. The van der Waals surface area contributed by atoms with Gasteiger partial charge in [-0.15, -0.1) is 0 Å². The molecule has 0 aromatic carbocycles. The molecule has 12 N–H and O–H groups in total. The van der Waals surface area contributed by atoms with Crippen LogP contribution in [0.4, 0.5) is 0 Å². The molecule has 94 heavy (non-hydrogen) atoms. The Balaban J connectivity index is 0.629. The molecule has 0 aromatic heterocycles. The van der Waals surface area contributed by atoms with Crippen LogP contribution in [0.5, 0.6) is 0 Å². The SMILES string of the molecule is C[C@H](CCC(=O)NCCN(CCNC(=O)CC[C@@H](C)[C@H]1CC[C@H]2[C@@H]3[C@H](O)C[C@@H]4C[C@H](O)CC[C@]4(C)[C@H]3C[C@H](O)[C@]12C)CCNC(=O)CC[C@@H](C)[C@H]1CC[C@H]2[C@@H]3[C@H](O)C[C@@H]4C[C@H](O)CC[C@]4(C)[C@H]3C[C@H](O)[C@]12C)[C@H]1CC[C@H]2[C@@H]3[C@H](O)C[C@@H]4C[C@H](O)CC[C@]4(C)[C@H]3C[C@H](O)[C@]12C. The van der Waals surface area contributed by atoms with Gasteiger partial charge in [-0.25, -0.2) is 0 Å². The number of nitrogens with zero attached hydrogens (tertiary/aromatic N) is 1. The minimum Gasteiger partial charge on any atom is -0.393 e. The van der Waals surface area contributed by atoms with E-state index in [4.69, 9.17) is 0 Å². The van der Waals surface area contributed by atoms with Crippen molar-refractivity contribution in [2.75, 3.05) is 39.3 Å². The third-order valence-electron chi connectivity index (χ3n) is 33.3. The Kier molecular flexibility index (Phi) is 21.2. The summed E-state index contributed by atoms with van der Waals surface area (Å²) in [6.07, 6.45) is 17.1. The molecule has 3 amide bonds. The molecule has 0 heterocycles. The van der Waals surface area contributed by atoms with Crippen molar-refractivity contribution in [1.82, 2.24) is 20.9 Å². The number of rotatable bonds is 21. The number of hydrogen-bond donors (Lipinski definition) is 12. The number of aliphatic hydroxyl groups is 9. The van der Waals surface area contributed by atoms with Gasteiger partial charge in [-0.3, -0.25) is 19.3 Å². The summed E-state index contributed by atoms with van der Waals surface area (Å²) in [7, 11) is 0. The maximum absolute atomic E-state index is 13.8. The quantitative estimate of drug-likeness (QED) is 0.0513. The van der Waals surface area contributed by atoms with Crippen LogP contribution in [0.2, 0.25) is 0 Å². The Bertz CT molecular complexity index is 2380. The van der Waals surface area contributed by atoms with E-state index in [1.807, 2.05) is 0 Å². The van der Waals surface area contributed by atoms with Crippen LogP contribution >= 0.6 is 0 Å². The molecule has 0 radical (unpaired) electrons. The van der Waals surface area contributed by atoms with E-state index in [0.717, 1.165) is 116 Å². The lowest BCUT2D eigenvalue weighted by atomic mass is 9.43. The second-order valence-corrected chi connectivity index (χ2v) is 37.0. The fraction of sp³-hybridized carbons (Fsp3) is 0.962. The molecule has 0 bridgehead atoms. The third-order valence-corrected chi connectivity index (χ3v) is 33.3. The van der Waals surface area contributed by atoms with E-state index in [1.54, 1.807) is 0 Å². The van der Waals surface area contributed by atoms with Crippen LogP contribution in [0.15, 0.2) is 0 Å². The fourth-order valence-electron chi connectivity index (χ4n) is 27.7. The van der Waals surface area contributed by atoms with Gasteiger partial charge in [0.15, 0.2) is 0 Å². The lowest BCUT2D eigenvalue weighted by Crippen LogP contribution is -2.62. The van der Waals surface area contributed by atoms with Gasteiger partial charge in [-0.2, -0.15) is 0 Å². The predicted molar refractivity (Wildman–Crippen MR) is 363 cm³/mol. The van der Waals surface area contributed by atoms with Crippen molar-refractivity contribution in [2.45, 2.75) is 291 Å². The molecule has 0 saturated heterocycles. The Morgan fingerprint density at radius 1 is 0.372 bits per heavy atom. The summed E-state index contributed by atoms with van der Waals surface area (Å²) in [4.78, 5) is 43.5. The molecule has 0 aliphatic heterocycles. The monoisotopic (exact) mass is 1320 g/mol. The highest BCUT2D eigenvalue weighted by atomic mass is 16.3. The van der Waals surface area contributed by atoms with Crippen molar-refractivity contribution in [3.8, 4) is 0 Å². The van der Waals surface area contributed by atoms with Crippen molar-refractivity contribution in [3.63, 3.8) is 0 Å². The van der Waals surface area contributed by atoms with Crippen LogP contribution in [-0.4, -0.2) is 163 Å². The largest absolute Gasteiger partial charge is 0.393 e. The first-order valence-electron chi connectivity index (χ1n) is 39.1. The second-order valence-electron chi connectivity index (χ2n) is 37.0. The summed E-state index contributed by atoms with van der Waals surface area (Å²) in [6, 6.07) is 0. The van der Waals surface area contributed by atoms with E-state index < -0.39 is 36.6 Å². The van der Waals surface area contributed by atoms with E-state index in [-0.39, 0.29) is 175 Å². The molecule has 12 rings (SSSR count). The number of fused-ring (bicyclic) bond motifs is 15. The fourth-order valence-corrected chi connectivity index (χ4v) is 27.7. The lowest BCUT2D eigenvalue weighted by molar-refractivity contribution is -0.207. The Hall–Kier alpha value is -1.99. The van der Waals surface area contributed by atoms with Crippen LogP contribution in [0.25, 0.3) is 0 Å². The molecule has 33 atom stereocenters. The summed E-state index contributed by atoms with van der Waals surface area (Å²) < 4.78 is 0. The number of amides is 3. The number of carbonyl (C=O) groups is 3. The molecule has 12 fully saturated rings. The maximum atomic E-state index is 13.8. The van der Waals surface area contributed by atoms with Gasteiger partial charge in [-0.05, 0) is 293 Å². The minimum absolute atomic E-state index is 0.0144. The zero-order valence-corrected chi connectivity index (χ0v) is 59.6. The lowest BCUT2D eigenvalue weighted by Gasteiger charge is -2.63. The third kappa shape index (κ3) is 12.6. The van der Waals surface area contributed by atoms with Gasteiger partial charge in [0, 0.05) is 58.5 Å². The van der Waals surface area contributed by atoms with Gasteiger partial charge in [0.05, 0.1) is 54.9 Å². The number of hydrogen-bond acceptors (Lipinski definition) is 13. The summed E-state index contributed by atoms with van der Waals surface area (Å²) in [6.45, 7) is 23.5. The van der Waals surface area contributed by atoms with Crippen molar-refractivity contribution >= 4 is 17.7 Å². The highest BCUT2D eigenvalue weighted by Crippen LogP contribution is 2.72. The number of aliphatic hydroxyl groups excluding tert-OH is 9. The van der Waals surface area contributed by atoms with Gasteiger partial charge < -0.3 is 61.9 Å². The highest BCUT2D eigenvalue weighted by molar-refractivity contribution is 5.76. The molecule has 12 aliphatic rings. The van der Waals surface area contributed by atoms with Crippen LogP contribution in [0.3, 0.4) is 0 Å². The van der Waals surface area contributed by atoms with E-state index in [0.29, 0.717) is 97.1 Å². The number of carbonyl (C=O) groups excluding carboxylic acids is 3. The Morgan fingerprint density at radius 2 is 0.638 bits per heavy atom.